The van der Waals surface area contributed by atoms with E-state index in [2.05, 4.69) is 0 Å². The number of fused-ring (bicyclic) bond motifs is 4. The van der Waals surface area contributed by atoms with Crippen LogP contribution in [-0.4, -0.2) is 167 Å². The van der Waals surface area contributed by atoms with Gasteiger partial charge < -0.3 is 67.8 Å². The molecule has 6 aliphatic carbocycles. The van der Waals surface area contributed by atoms with Crippen LogP contribution in [0.2, 0.25) is 0 Å². The molecule has 10 aliphatic rings. The molecule has 0 amide bonds. The van der Waals surface area contributed by atoms with Gasteiger partial charge in [0.05, 0.1) is 64.3 Å². The molecule has 80 heavy (non-hydrogen) atoms. The number of Topliss-reactive ketones (excluding diaryl/α,β-unsaturated/α-hetero) is 2. The summed E-state index contributed by atoms with van der Waals surface area (Å²) < 4.78 is 57.4. The van der Waals surface area contributed by atoms with Gasteiger partial charge in [-0.2, -0.15) is 0 Å². The Labute approximate surface area is 458 Å². The lowest BCUT2D eigenvalue weighted by Gasteiger charge is -2.67. The maximum absolute atomic E-state index is 14.3. The first-order chi connectivity index (χ1) is 37.5. The van der Waals surface area contributed by atoms with E-state index in [-0.39, 0.29) is 48.7 Å². The Morgan fingerprint density at radius 2 is 0.925 bits per heavy atom. The molecule has 0 aromatic rings. The van der Waals surface area contributed by atoms with Crippen LogP contribution >= 0.6 is 0 Å². The Hall–Kier alpha value is -6.18. The molecule has 0 radical (unpaired) electrons. The van der Waals surface area contributed by atoms with E-state index >= 15 is 0 Å². The molecule has 4 aliphatic heterocycles. The largest absolute Gasteiger partial charge is 0.467 e. The van der Waals surface area contributed by atoms with Crippen molar-refractivity contribution in [2.45, 2.75) is 154 Å². The standard InChI is InChI=1S/C56H66O24/c1-21(2)13-33(61)79-39-43-53-19-73-55(43,49(69)71-9)45(65)35(63)41(53)51(7)17-27(57)37(23(5)25(51)15-29(53)75-47(39)67)77-31(59)11-12-32(60)78-38-24(6)26-16-30-54-20-74-56(50(70)72-10,46(66)36(64)42(54)52(26,8)18-28(38)58)44(54)40(48(68)76-30)80-34(62)14-22(3)4/h13-14,25-26,29-30,35-36,39-46,63-66H,11-12,15-20H2,1-10H3/t25-,26-,29+,30+,35+,36+,39?,40?,41+,42+,43+,44+,45-,46-,51-,52-,53?,54?,55+,56+/m0/s1. The number of ketones is 2. The van der Waals surface area contributed by atoms with Crippen molar-refractivity contribution < 1.29 is 116 Å². The summed E-state index contributed by atoms with van der Waals surface area (Å²) in [7, 11) is 2.07. The zero-order chi connectivity index (χ0) is 58.5. The van der Waals surface area contributed by atoms with Crippen molar-refractivity contribution in [3.8, 4) is 0 Å². The number of ether oxygens (including phenoxy) is 10. The van der Waals surface area contributed by atoms with Gasteiger partial charge in [0, 0.05) is 47.7 Å². The SMILES string of the molecule is COC(=O)[C@@]12OCC34[C@H]1C(OC(=O)C=C(C)C)C(=O)O[C@@H]3C[C@H]1C(C)=C(OC(=O)CCC(=O)OC3=C(C)[C@@H]5C[C@H]6OC(=O)C(OC(=O)C=C(C)C)[C@@H]7C68CO[C@@]7(C(=O)OC)[C@@H](O)[C@H](O)[C@@H]8[C@@]5(C)CC3=O)C(=O)C[C@]1(C)[C@H]4[C@@H](O)[C@@H]2O. The van der Waals surface area contributed by atoms with Crippen molar-refractivity contribution in [3.05, 3.63) is 46.0 Å². The molecular weight excluding hydrogens is 1060 g/mol. The zero-order valence-electron chi connectivity index (χ0n) is 45.8. The molecular formula is C56H66O24. The monoisotopic (exact) mass is 1120 g/mol. The summed E-state index contributed by atoms with van der Waals surface area (Å²) in [6.07, 6.45) is -13.6. The first kappa shape index (κ1) is 57.1. The van der Waals surface area contributed by atoms with Crippen molar-refractivity contribution in [2.24, 2.45) is 57.2 Å². The average molecular weight is 1120 g/mol. The van der Waals surface area contributed by atoms with Gasteiger partial charge in [-0.15, -0.1) is 0 Å². The molecule has 4 N–H and O–H groups in total. The van der Waals surface area contributed by atoms with Crippen molar-refractivity contribution in [3.63, 3.8) is 0 Å². The molecule has 4 bridgehead atoms. The Bertz CT molecular complexity index is 2750. The highest BCUT2D eigenvalue weighted by Gasteiger charge is 2.87. The Morgan fingerprint density at radius 3 is 1.25 bits per heavy atom. The predicted molar refractivity (Wildman–Crippen MR) is 261 cm³/mol. The van der Waals surface area contributed by atoms with Crippen LogP contribution in [0.3, 0.4) is 0 Å². The lowest BCUT2D eigenvalue weighted by molar-refractivity contribution is -0.290. The number of methoxy groups -OCH3 is 2. The maximum Gasteiger partial charge on any atom is 0.348 e. The van der Waals surface area contributed by atoms with Crippen molar-refractivity contribution in [1.29, 1.82) is 0 Å². The predicted octanol–water partition coefficient (Wildman–Crippen LogP) is 0.798. The van der Waals surface area contributed by atoms with E-state index in [1.807, 2.05) is 0 Å². The minimum absolute atomic E-state index is 0.0536. The fourth-order valence-electron chi connectivity index (χ4n) is 17.3. The van der Waals surface area contributed by atoms with E-state index < -0.39 is 202 Å². The maximum atomic E-state index is 14.3. The lowest BCUT2D eigenvalue weighted by atomic mass is 9.38. The normalized spacial score (nSPS) is 43.4. The van der Waals surface area contributed by atoms with Gasteiger partial charge in [-0.3, -0.25) is 19.2 Å². The fraction of sp³-hybridized carbons (Fsp3) is 0.679. The summed E-state index contributed by atoms with van der Waals surface area (Å²) in [6, 6.07) is 0. The van der Waals surface area contributed by atoms with Crippen LogP contribution in [0.1, 0.15) is 93.9 Å². The molecule has 4 saturated carbocycles. The van der Waals surface area contributed by atoms with Crippen LogP contribution in [0.15, 0.2) is 46.0 Å². The molecule has 4 unspecified atom stereocenters. The van der Waals surface area contributed by atoms with Gasteiger partial charge in [0.1, 0.15) is 24.4 Å². The molecule has 4 saturated heterocycles. The van der Waals surface area contributed by atoms with Crippen LogP contribution in [0, 0.1) is 57.2 Å². The number of allylic oxidation sites excluding steroid dienone is 6. The first-order valence-electron chi connectivity index (χ1n) is 26.7. The smallest absolute Gasteiger partial charge is 0.348 e. The molecule has 434 valence electrons. The highest BCUT2D eigenvalue weighted by atomic mass is 16.6. The van der Waals surface area contributed by atoms with Crippen LogP contribution in [0.4, 0.5) is 0 Å². The minimum Gasteiger partial charge on any atom is -0.467 e. The number of carbonyl (C=O) groups excluding carboxylic acids is 10. The number of hydrogen-bond acceptors (Lipinski definition) is 24. The van der Waals surface area contributed by atoms with E-state index in [1.54, 1.807) is 41.5 Å². The highest BCUT2D eigenvalue weighted by Crippen LogP contribution is 2.75. The van der Waals surface area contributed by atoms with Crippen LogP contribution < -0.4 is 0 Å². The van der Waals surface area contributed by atoms with Crippen molar-refractivity contribution >= 4 is 59.3 Å². The lowest BCUT2D eigenvalue weighted by Crippen LogP contribution is -2.79. The molecule has 8 fully saturated rings. The van der Waals surface area contributed by atoms with E-state index in [4.69, 9.17) is 47.4 Å². The number of aliphatic hydroxyl groups is 4. The second-order valence-electron chi connectivity index (χ2n) is 24.4. The second kappa shape index (κ2) is 19.2. The number of hydrogen-bond donors (Lipinski definition) is 4. The van der Waals surface area contributed by atoms with E-state index in [9.17, 15) is 68.4 Å². The van der Waals surface area contributed by atoms with Gasteiger partial charge in [-0.05, 0) is 88.2 Å². The van der Waals surface area contributed by atoms with Crippen LogP contribution in [0.5, 0.6) is 0 Å². The number of rotatable bonds is 11. The third-order valence-electron chi connectivity index (χ3n) is 19.9. The van der Waals surface area contributed by atoms with Gasteiger partial charge in [0.15, 0.2) is 23.1 Å². The van der Waals surface area contributed by atoms with E-state index in [0.29, 0.717) is 11.1 Å². The van der Waals surface area contributed by atoms with Gasteiger partial charge in [0.25, 0.3) is 0 Å². The Kier molecular flexibility index (Phi) is 13.7. The van der Waals surface area contributed by atoms with Gasteiger partial charge in [-0.25, -0.2) is 28.8 Å². The molecule has 20 atom stereocenters. The molecule has 4 heterocycles. The minimum atomic E-state index is -2.39. The van der Waals surface area contributed by atoms with Gasteiger partial charge in [-0.1, -0.05) is 25.0 Å². The first-order valence-corrected chi connectivity index (χ1v) is 26.7. The van der Waals surface area contributed by atoms with Gasteiger partial charge in [0.2, 0.25) is 23.4 Å². The third kappa shape index (κ3) is 7.52. The quantitative estimate of drug-likeness (QED) is 0.126. The van der Waals surface area contributed by atoms with Crippen LogP contribution in [0.25, 0.3) is 0 Å². The fourth-order valence-corrected chi connectivity index (χ4v) is 17.3. The number of esters is 8. The summed E-state index contributed by atoms with van der Waals surface area (Å²) in [5, 5.41) is 48.3. The summed E-state index contributed by atoms with van der Waals surface area (Å²) in [5.41, 5.74) is -8.93. The topological polar surface area (TPSA) is 344 Å². The molecule has 2 spiro atoms. The summed E-state index contributed by atoms with van der Waals surface area (Å²) in [6.45, 7) is 12.2. The van der Waals surface area contributed by atoms with Crippen molar-refractivity contribution in [2.75, 3.05) is 27.4 Å². The number of carbonyl (C=O) groups is 10. The zero-order valence-corrected chi connectivity index (χ0v) is 45.8. The van der Waals surface area contributed by atoms with Crippen molar-refractivity contribution in [1.82, 2.24) is 0 Å². The summed E-state index contributed by atoms with van der Waals surface area (Å²) >= 11 is 0. The van der Waals surface area contributed by atoms with Gasteiger partial charge >= 0.3 is 47.8 Å². The average Bonchev–Trinajstić information content (AvgIpc) is 2.68. The molecule has 0 aromatic carbocycles. The molecule has 24 nitrogen and oxygen atoms in total. The summed E-state index contributed by atoms with van der Waals surface area (Å²) in [4.78, 5) is 138. The Balaban J connectivity index is 0.877. The summed E-state index contributed by atoms with van der Waals surface area (Å²) in [5.74, 6) is -17.2. The van der Waals surface area contributed by atoms with Crippen LogP contribution in [-0.2, 0) is 95.3 Å². The van der Waals surface area contributed by atoms with E-state index in [0.717, 1.165) is 26.4 Å². The molecule has 24 heteroatoms. The highest BCUT2D eigenvalue weighted by molar-refractivity contribution is 6.00. The molecule has 10 rings (SSSR count). The number of aliphatic hydroxyl groups excluding tert-OH is 4. The second-order valence-corrected chi connectivity index (χ2v) is 24.4. The van der Waals surface area contributed by atoms with E-state index in [1.165, 1.54) is 13.8 Å². The third-order valence-corrected chi connectivity index (χ3v) is 19.9. The Morgan fingerprint density at radius 1 is 0.575 bits per heavy atom. The molecule has 0 aromatic heterocycles.